The average molecular weight is 428 g/mol. The molecule has 152 valence electrons. The highest BCUT2D eigenvalue weighted by molar-refractivity contribution is 7.13. The number of nitrogens with one attached hydrogen (secondary N) is 1. The molecule has 1 N–H and O–H groups in total. The van der Waals surface area contributed by atoms with E-state index in [-0.39, 0.29) is 18.3 Å². The van der Waals surface area contributed by atoms with E-state index in [4.69, 9.17) is 0 Å². The van der Waals surface area contributed by atoms with Crippen molar-refractivity contribution in [3.63, 3.8) is 0 Å². The van der Waals surface area contributed by atoms with Crippen molar-refractivity contribution in [1.82, 2.24) is 14.5 Å². The summed E-state index contributed by atoms with van der Waals surface area (Å²) in [5.41, 5.74) is 4.34. The highest BCUT2D eigenvalue weighted by Gasteiger charge is 2.14. The second-order valence-electron chi connectivity index (χ2n) is 6.97. The molecule has 0 atom stereocenters. The van der Waals surface area contributed by atoms with Gasteiger partial charge in [0, 0.05) is 16.5 Å². The Morgan fingerprint density at radius 1 is 0.968 bits per heavy atom. The number of rotatable bonds is 5. The van der Waals surface area contributed by atoms with E-state index < -0.39 is 0 Å². The first-order valence-electron chi connectivity index (χ1n) is 9.68. The van der Waals surface area contributed by atoms with Crippen LogP contribution in [0.3, 0.4) is 0 Å². The average Bonchev–Trinajstić information content (AvgIpc) is 3.42. The van der Waals surface area contributed by atoms with Crippen molar-refractivity contribution in [2.75, 3.05) is 5.32 Å². The predicted octanol–water partition coefficient (Wildman–Crippen LogP) is 5.60. The molecule has 2 aromatic heterocycles. The van der Waals surface area contributed by atoms with Gasteiger partial charge in [-0.15, -0.1) is 11.3 Å². The number of fused-ring (bicyclic) bond motifs is 1. The molecule has 0 aliphatic rings. The summed E-state index contributed by atoms with van der Waals surface area (Å²) < 4.78 is 15.9. The number of amides is 1. The third-order valence-corrected chi connectivity index (χ3v) is 5.80. The molecule has 0 radical (unpaired) electrons. The SMILES string of the molecule is O=C(Cn1cnc2ccccc21)Nc1ccccc1-c1csc(-c2ccccc2F)n1. The van der Waals surface area contributed by atoms with Gasteiger partial charge >= 0.3 is 0 Å². The summed E-state index contributed by atoms with van der Waals surface area (Å²) in [5, 5.41) is 5.44. The van der Waals surface area contributed by atoms with Crippen LogP contribution in [0, 0.1) is 5.82 Å². The monoisotopic (exact) mass is 428 g/mol. The molecule has 0 saturated heterocycles. The molecule has 0 saturated carbocycles. The van der Waals surface area contributed by atoms with Crippen LogP contribution in [0.2, 0.25) is 0 Å². The molecule has 5 aromatic rings. The molecule has 3 aromatic carbocycles. The van der Waals surface area contributed by atoms with E-state index in [0.29, 0.717) is 22.0 Å². The Bertz CT molecular complexity index is 1390. The van der Waals surface area contributed by atoms with Gasteiger partial charge < -0.3 is 9.88 Å². The number of para-hydroxylation sites is 3. The summed E-state index contributed by atoms with van der Waals surface area (Å²) in [7, 11) is 0. The van der Waals surface area contributed by atoms with Gasteiger partial charge in [0.1, 0.15) is 17.4 Å². The van der Waals surface area contributed by atoms with Crippen molar-refractivity contribution in [2.45, 2.75) is 6.54 Å². The van der Waals surface area contributed by atoms with Gasteiger partial charge in [-0.2, -0.15) is 0 Å². The summed E-state index contributed by atoms with van der Waals surface area (Å²) in [4.78, 5) is 21.7. The number of hydrogen-bond acceptors (Lipinski definition) is 4. The van der Waals surface area contributed by atoms with Gasteiger partial charge in [0.25, 0.3) is 0 Å². The van der Waals surface area contributed by atoms with E-state index in [0.717, 1.165) is 16.6 Å². The standard InChI is InChI=1S/C24H17FN4OS/c25-18-9-3-1-7-16(18)24-28-21(14-31-24)17-8-2-4-10-19(17)27-23(30)13-29-15-26-20-11-5-6-12-22(20)29/h1-12,14-15H,13H2,(H,27,30). The van der Waals surface area contributed by atoms with Crippen LogP contribution in [0.4, 0.5) is 10.1 Å². The van der Waals surface area contributed by atoms with Crippen LogP contribution in [0.25, 0.3) is 32.9 Å². The van der Waals surface area contributed by atoms with E-state index in [2.05, 4.69) is 15.3 Å². The Kier molecular flexibility index (Phi) is 5.01. The molecule has 5 nitrogen and oxygen atoms in total. The van der Waals surface area contributed by atoms with E-state index in [9.17, 15) is 9.18 Å². The Hall–Kier alpha value is -3.84. The van der Waals surface area contributed by atoms with Crippen molar-refractivity contribution in [3.8, 4) is 21.8 Å². The van der Waals surface area contributed by atoms with Crippen LogP contribution in [0.1, 0.15) is 0 Å². The Morgan fingerprint density at radius 2 is 1.71 bits per heavy atom. The topological polar surface area (TPSA) is 59.8 Å². The van der Waals surface area contributed by atoms with Gasteiger partial charge in [0.2, 0.25) is 5.91 Å². The maximum Gasteiger partial charge on any atom is 0.244 e. The zero-order valence-corrected chi connectivity index (χ0v) is 17.1. The fraction of sp³-hybridized carbons (Fsp3) is 0.0417. The van der Waals surface area contributed by atoms with Crippen molar-refractivity contribution in [2.24, 2.45) is 0 Å². The molecule has 1 amide bonds. The molecule has 2 heterocycles. The molecule has 0 fully saturated rings. The summed E-state index contributed by atoms with van der Waals surface area (Å²) in [5.74, 6) is -0.474. The Balaban J connectivity index is 1.40. The van der Waals surface area contributed by atoms with Crippen LogP contribution in [0.5, 0.6) is 0 Å². The second kappa shape index (κ2) is 8.12. The number of imidazole rings is 1. The smallest absolute Gasteiger partial charge is 0.244 e. The Morgan fingerprint density at radius 3 is 2.58 bits per heavy atom. The Labute approximate surface area is 181 Å². The van der Waals surface area contributed by atoms with Gasteiger partial charge in [0.15, 0.2) is 0 Å². The fourth-order valence-corrected chi connectivity index (χ4v) is 4.30. The van der Waals surface area contributed by atoms with Crippen molar-refractivity contribution in [1.29, 1.82) is 0 Å². The molecular formula is C24H17FN4OS. The predicted molar refractivity (Wildman–Crippen MR) is 121 cm³/mol. The maximum atomic E-state index is 14.1. The molecule has 0 aliphatic heterocycles. The largest absolute Gasteiger partial charge is 0.324 e. The highest BCUT2D eigenvalue weighted by atomic mass is 32.1. The van der Waals surface area contributed by atoms with E-state index >= 15 is 0 Å². The van der Waals surface area contributed by atoms with Crippen LogP contribution in [-0.2, 0) is 11.3 Å². The fourth-order valence-electron chi connectivity index (χ4n) is 3.45. The van der Waals surface area contributed by atoms with E-state index in [1.54, 1.807) is 24.5 Å². The van der Waals surface area contributed by atoms with Crippen molar-refractivity contribution < 1.29 is 9.18 Å². The van der Waals surface area contributed by atoms with Crippen LogP contribution >= 0.6 is 11.3 Å². The summed E-state index contributed by atoms with van der Waals surface area (Å²) >= 11 is 1.37. The third kappa shape index (κ3) is 3.83. The minimum Gasteiger partial charge on any atom is -0.324 e. The van der Waals surface area contributed by atoms with Crippen LogP contribution < -0.4 is 5.32 Å². The molecule has 0 spiro atoms. The van der Waals surface area contributed by atoms with Gasteiger partial charge in [-0.25, -0.2) is 14.4 Å². The van der Waals surface area contributed by atoms with E-state index in [1.807, 2.05) is 58.5 Å². The van der Waals surface area contributed by atoms with Crippen LogP contribution in [-0.4, -0.2) is 20.4 Å². The summed E-state index contributed by atoms with van der Waals surface area (Å²) in [6.07, 6.45) is 1.66. The number of benzene rings is 3. The van der Waals surface area contributed by atoms with Crippen molar-refractivity contribution in [3.05, 3.63) is 90.3 Å². The lowest BCUT2D eigenvalue weighted by molar-refractivity contribution is -0.116. The molecule has 0 bridgehead atoms. The molecule has 0 aliphatic carbocycles. The zero-order chi connectivity index (χ0) is 21.2. The normalized spacial score (nSPS) is 11.0. The molecule has 5 rings (SSSR count). The summed E-state index contributed by atoms with van der Waals surface area (Å²) in [6.45, 7) is 0.145. The van der Waals surface area contributed by atoms with E-state index in [1.165, 1.54) is 17.4 Å². The molecular weight excluding hydrogens is 411 g/mol. The van der Waals surface area contributed by atoms with Gasteiger partial charge in [-0.3, -0.25) is 4.79 Å². The second-order valence-corrected chi connectivity index (χ2v) is 7.83. The lowest BCUT2D eigenvalue weighted by Gasteiger charge is -2.10. The highest BCUT2D eigenvalue weighted by Crippen LogP contribution is 2.33. The number of nitrogens with zero attached hydrogens (tertiary/aromatic N) is 3. The maximum absolute atomic E-state index is 14.1. The van der Waals surface area contributed by atoms with Crippen molar-refractivity contribution >= 4 is 34.0 Å². The first-order chi connectivity index (χ1) is 15.2. The van der Waals surface area contributed by atoms with Gasteiger partial charge in [-0.05, 0) is 30.3 Å². The zero-order valence-electron chi connectivity index (χ0n) is 16.3. The first kappa shape index (κ1) is 19.1. The number of halogens is 1. The van der Waals surface area contributed by atoms with Crippen LogP contribution in [0.15, 0.2) is 84.5 Å². The van der Waals surface area contributed by atoms with Gasteiger partial charge in [-0.1, -0.05) is 42.5 Å². The minimum absolute atomic E-state index is 0.145. The number of aromatic nitrogens is 3. The summed E-state index contributed by atoms with van der Waals surface area (Å²) in [6, 6.07) is 21.7. The molecule has 31 heavy (non-hydrogen) atoms. The number of anilines is 1. The quantitative estimate of drug-likeness (QED) is 0.396. The number of thiazole rings is 1. The number of carbonyl (C=O) groups is 1. The first-order valence-corrected chi connectivity index (χ1v) is 10.6. The minimum atomic E-state index is -0.308. The lowest BCUT2D eigenvalue weighted by Crippen LogP contribution is -2.18. The molecule has 0 unspecified atom stereocenters. The number of hydrogen-bond donors (Lipinski definition) is 1. The number of carbonyl (C=O) groups excluding carboxylic acids is 1. The molecule has 7 heteroatoms. The van der Waals surface area contributed by atoms with Gasteiger partial charge in [0.05, 0.1) is 28.7 Å². The lowest BCUT2D eigenvalue weighted by atomic mass is 10.1. The third-order valence-electron chi connectivity index (χ3n) is 4.93.